The molecule has 0 saturated heterocycles. The van der Waals surface area contributed by atoms with Gasteiger partial charge in [0.2, 0.25) is 11.8 Å². The molecule has 0 aliphatic carbocycles. The average Bonchev–Trinajstić information content (AvgIpc) is 2.71. The average molecular weight is 367 g/mol. The molecule has 0 saturated carbocycles. The molecule has 4 heteroatoms. The second-order valence-electron chi connectivity index (χ2n) is 6.76. The van der Waals surface area contributed by atoms with Gasteiger partial charge in [-0.3, -0.25) is 9.59 Å². The Morgan fingerprint density at radius 1 is 0.889 bits per heavy atom. The monoisotopic (exact) mass is 366 g/mol. The first-order chi connectivity index (χ1) is 13.2. The molecule has 0 aliphatic rings. The zero-order valence-electron chi connectivity index (χ0n) is 16.1. The van der Waals surface area contributed by atoms with Gasteiger partial charge in [0.25, 0.3) is 0 Å². The summed E-state index contributed by atoms with van der Waals surface area (Å²) in [5.74, 6) is -0.137. The van der Waals surface area contributed by atoms with Gasteiger partial charge >= 0.3 is 0 Å². The fourth-order valence-electron chi connectivity index (χ4n) is 3.01. The van der Waals surface area contributed by atoms with E-state index in [4.69, 9.17) is 0 Å². The maximum Gasteiger partial charge on any atom is 0.220 e. The lowest BCUT2D eigenvalue weighted by atomic mass is 9.98. The Morgan fingerprint density at radius 2 is 1.52 bits per heavy atom. The summed E-state index contributed by atoms with van der Waals surface area (Å²) < 4.78 is 0. The number of carbonyl (C=O) groups is 2. The van der Waals surface area contributed by atoms with Crippen molar-refractivity contribution in [1.82, 2.24) is 10.6 Å². The predicted molar refractivity (Wildman–Crippen MR) is 109 cm³/mol. The van der Waals surface area contributed by atoms with Gasteiger partial charge in [-0.15, -0.1) is 0 Å². The van der Waals surface area contributed by atoms with Gasteiger partial charge < -0.3 is 10.6 Å². The summed E-state index contributed by atoms with van der Waals surface area (Å²) in [7, 11) is 0. The molecule has 1 atom stereocenters. The van der Waals surface area contributed by atoms with Gasteiger partial charge in [0.15, 0.2) is 0 Å². The molecule has 2 aromatic carbocycles. The highest BCUT2D eigenvalue weighted by Gasteiger charge is 2.15. The van der Waals surface area contributed by atoms with Crippen molar-refractivity contribution in [1.29, 1.82) is 0 Å². The minimum atomic E-state index is -0.0739. The SMILES string of the molecule is CCCNC(=O)CCC(=O)NC(CCCc1ccccc1)c1ccccc1. The molecule has 4 nitrogen and oxygen atoms in total. The van der Waals surface area contributed by atoms with Crippen molar-refractivity contribution in [3.63, 3.8) is 0 Å². The van der Waals surface area contributed by atoms with Crippen LogP contribution in [0.1, 0.15) is 56.2 Å². The van der Waals surface area contributed by atoms with E-state index in [2.05, 4.69) is 34.9 Å². The molecule has 0 aromatic heterocycles. The molecule has 0 bridgehead atoms. The van der Waals surface area contributed by atoms with Gasteiger partial charge in [-0.1, -0.05) is 67.6 Å². The van der Waals surface area contributed by atoms with Crippen LogP contribution in [-0.2, 0) is 16.0 Å². The van der Waals surface area contributed by atoms with Crippen LogP contribution in [0.2, 0.25) is 0 Å². The van der Waals surface area contributed by atoms with Gasteiger partial charge in [-0.25, -0.2) is 0 Å². The van der Waals surface area contributed by atoms with Crippen molar-refractivity contribution in [2.45, 2.75) is 51.5 Å². The topological polar surface area (TPSA) is 58.2 Å². The van der Waals surface area contributed by atoms with Crippen molar-refractivity contribution in [3.05, 3.63) is 71.8 Å². The Kier molecular flexibility index (Phi) is 9.11. The number of rotatable bonds is 11. The van der Waals surface area contributed by atoms with E-state index in [0.29, 0.717) is 6.54 Å². The molecule has 0 aliphatic heterocycles. The largest absolute Gasteiger partial charge is 0.356 e. The Hall–Kier alpha value is -2.62. The molecule has 2 rings (SSSR count). The summed E-state index contributed by atoms with van der Waals surface area (Å²) in [6.07, 6.45) is 4.19. The lowest BCUT2D eigenvalue weighted by Gasteiger charge is -2.19. The van der Waals surface area contributed by atoms with Crippen LogP contribution in [0.25, 0.3) is 0 Å². The minimum Gasteiger partial charge on any atom is -0.356 e. The van der Waals surface area contributed by atoms with E-state index in [-0.39, 0.29) is 30.7 Å². The van der Waals surface area contributed by atoms with E-state index >= 15 is 0 Å². The number of carbonyl (C=O) groups excluding carboxylic acids is 2. The van der Waals surface area contributed by atoms with Crippen LogP contribution in [0.15, 0.2) is 60.7 Å². The number of hydrogen-bond donors (Lipinski definition) is 2. The van der Waals surface area contributed by atoms with Crippen molar-refractivity contribution in [2.24, 2.45) is 0 Å². The number of hydrogen-bond acceptors (Lipinski definition) is 2. The van der Waals surface area contributed by atoms with Gasteiger partial charge in [-0.2, -0.15) is 0 Å². The number of aryl methyl sites for hydroxylation is 1. The molecule has 27 heavy (non-hydrogen) atoms. The summed E-state index contributed by atoms with van der Waals surface area (Å²) in [5, 5.41) is 5.92. The van der Waals surface area contributed by atoms with E-state index in [1.165, 1.54) is 5.56 Å². The lowest BCUT2D eigenvalue weighted by molar-refractivity contribution is -0.126. The quantitative estimate of drug-likeness (QED) is 0.627. The fraction of sp³-hybridized carbons (Fsp3) is 0.391. The summed E-state index contributed by atoms with van der Waals surface area (Å²) in [4.78, 5) is 24.0. The predicted octanol–water partition coefficient (Wildman–Crippen LogP) is 4.17. The summed E-state index contributed by atoms with van der Waals surface area (Å²) in [5.41, 5.74) is 2.41. The molecule has 2 amide bonds. The van der Waals surface area contributed by atoms with E-state index in [1.807, 2.05) is 43.3 Å². The molecule has 0 spiro atoms. The molecule has 0 heterocycles. The van der Waals surface area contributed by atoms with Gasteiger partial charge in [0, 0.05) is 19.4 Å². The molecule has 2 aromatic rings. The van der Waals surface area contributed by atoms with E-state index in [9.17, 15) is 9.59 Å². The third-order valence-corrected chi connectivity index (χ3v) is 4.49. The smallest absolute Gasteiger partial charge is 0.220 e. The Morgan fingerprint density at radius 3 is 2.19 bits per heavy atom. The zero-order valence-corrected chi connectivity index (χ0v) is 16.1. The Balaban J connectivity index is 1.86. The molecular formula is C23H30N2O2. The van der Waals surface area contributed by atoms with E-state index < -0.39 is 0 Å². The molecule has 144 valence electrons. The van der Waals surface area contributed by atoms with Crippen molar-refractivity contribution in [2.75, 3.05) is 6.54 Å². The van der Waals surface area contributed by atoms with Crippen LogP contribution in [0, 0.1) is 0 Å². The normalized spacial score (nSPS) is 11.6. The second-order valence-corrected chi connectivity index (χ2v) is 6.76. The molecule has 2 N–H and O–H groups in total. The molecule has 0 fully saturated rings. The van der Waals surface area contributed by atoms with Crippen molar-refractivity contribution in [3.8, 4) is 0 Å². The second kappa shape index (κ2) is 11.9. The highest BCUT2D eigenvalue weighted by Crippen LogP contribution is 2.20. The summed E-state index contributed by atoms with van der Waals surface area (Å²) in [6, 6.07) is 20.4. The van der Waals surface area contributed by atoms with Crippen LogP contribution in [0.4, 0.5) is 0 Å². The molecule has 0 radical (unpaired) electrons. The number of amides is 2. The fourth-order valence-corrected chi connectivity index (χ4v) is 3.01. The standard InChI is InChI=1S/C23H30N2O2/c1-2-18-24-22(26)16-17-23(27)25-21(20-13-7-4-8-14-20)15-9-12-19-10-5-3-6-11-19/h3-8,10-11,13-14,21H,2,9,12,15-18H2,1H3,(H,24,26)(H,25,27). The maximum absolute atomic E-state index is 12.3. The third-order valence-electron chi connectivity index (χ3n) is 4.49. The lowest BCUT2D eigenvalue weighted by Crippen LogP contribution is -2.31. The summed E-state index contributed by atoms with van der Waals surface area (Å²) >= 11 is 0. The van der Waals surface area contributed by atoms with Crippen LogP contribution >= 0.6 is 0 Å². The minimum absolute atomic E-state index is 0.0267. The Labute approximate surface area is 162 Å². The van der Waals surface area contributed by atoms with E-state index in [0.717, 1.165) is 31.2 Å². The summed E-state index contributed by atoms with van der Waals surface area (Å²) in [6.45, 7) is 2.67. The van der Waals surface area contributed by atoms with E-state index in [1.54, 1.807) is 0 Å². The number of benzene rings is 2. The van der Waals surface area contributed by atoms with Crippen LogP contribution < -0.4 is 10.6 Å². The number of nitrogens with one attached hydrogen (secondary N) is 2. The van der Waals surface area contributed by atoms with Crippen LogP contribution in [-0.4, -0.2) is 18.4 Å². The van der Waals surface area contributed by atoms with Crippen molar-refractivity contribution < 1.29 is 9.59 Å². The highest BCUT2D eigenvalue weighted by atomic mass is 16.2. The van der Waals surface area contributed by atoms with Gasteiger partial charge in [-0.05, 0) is 36.8 Å². The first-order valence-electron chi connectivity index (χ1n) is 9.84. The van der Waals surface area contributed by atoms with Gasteiger partial charge in [0.05, 0.1) is 6.04 Å². The Bertz CT molecular complexity index is 686. The molecular weight excluding hydrogens is 336 g/mol. The van der Waals surface area contributed by atoms with Gasteiger partial charge in [0.1, 0.15) is 0 Å². The first kappa shape index (κ1) is 20.7. The molecule has 1 unspecified atom stereocenters. The third kappa shape index (κ3) is 8.07. The highest BCUT2D eigenvalue weighted by molar-refractivity contribution is 5.83. The van der Waals surface area contributed by atoms with Crippen LogP contribution in [0.3, 0.4) is 0 Å². The first-order valence-corrected chi connectivity index (χ1v) is 9.84. The van der Waals surface area contributed by atoms with Crippen molar-refractivity contribution >= 4 is 11.8 Å². The van der Waals surface area contributed by atoms with Crippen LogP contribution in [0.5, 0.6) is 0 Å². The maximum atomic E-state index is 12.3. The zero-order chi connectivity index (χ0) is 19.3.